The van der Waals surface area contributed by atoms with E-state index < -0.39 is 16.8 Å². The lowest BCUT2D eigenvalue weighted by Crippen LogP contribution is -2.19. The molecular formula is C28H21N3O6. The molecule has 0 N–H and O–H groups in total. The van der Waals surface area contributed by atoms with E-state index in [0.29, 0.717) is 39.0 Å². The zero-order valence-electron chi connectivity index (χ0n) is 20.0. The number of fused-ring (bicyclic) bond motifs is 3. The lowest BCUT2D eigenvalue weighted by Gasteiger charge is -2.29. The highest BCUT2D eigenvalue weighted by atomic mass is 16.6. The Labute approximate surface area is 211 Å². The number of esters is 1. The summed E-state index contributed by atoms with van der Waals surface area (Å²) in [5, 5.41) is 23.1. The normalized spacial score (nSPS) is 14.5. The van der Waals surface area contributed by atoms with Crippen molar-refractivity contribution in [3.63, 3.8) is 0 Å². The van der Waals surface area contributed by atoms with E-state index in [2.05, 4.69) is 6.07 Å². The van der Waals surface area contributed by atoms with Gasteiger partial charge < -0.3 is 14.2 Å². The highest BCUT2D eigenvalue weighted by Gasteiger charge is 2.34. The number of allylic oxidation sites excluding steroid dienone is 1. The number of nitriles is 1. The fourth-order valence-electron chi connectivity index (χ4n) is 4.59. The van der Waals surface area contributed by atoms with Crippen molar-refractivity contribution in [2.75, 3.05) is 13.7 Å². The first-order chi connectivity index (χ1) is 18.0. The van der Waals surface area contributed by atoms with Gasteiger partial charge in [0.15, 0.2) is 0 Å². The summed E-state index contributed by atoms with van der Waals surface area (Å²) in [5.74, 6) is -0.0736. The summed E-state index contributed by atoms with van der Waals surface area (Å²) >= 11 is 0. The molecule has 0 spiro atoms. The minimum Gasteiger partial charge on any atom is -0.496 e. The standard InChI is InChI=1S/C28H21N3O6/c1-3-36-28(32)22-14-17-9-10-20-25(18-7-6-8-19(13-18)31(33)34)23(16-29)27(30-11-4-5-12-30)37-26(20)21(17)15-24(22)35-2/h4-15,25H,3H2,1-2H3. The fraction of sp³-hybridized carbons (Fsp3) is 0.143. The Bertz CT molecular complexity index is 1620. The third-order valence-corrected chi connectivity index (χ3v) is 6.22. The maximum Gasteiger partial charge on any atom is 0.341 e. The van der Waals surface area contributed by atoms with Gasteiger partial charge in [0.25, 0.3) is 5.69 Å². The molecule has 1 aliphatic rings. The Balaban J connectivity index is 1.79. The van der Waals surface area contributed by atoms with E-state index in [1.807, 2.05) is 12.1 Å². The van der Waals surface area contributed by atoms with Crippen LogP contribution in [-0.2, 0) is 4.74 Å². The van der Waals surface area contributed by atoms with Gasteiger partial charge in [-0.3, -0.25) is 14.7 Å². The van der Waals surface area contributed by atoms with Crippen molar-refractivity contribution in [3.05, 3.63) is 105 Å². The van der Waals surface area contributed by atoms with Crippen LogP contribution in [0.3, 0.4) is 0 Å². The summed E-state index contributed by atoms with van der Waals surface area (Å²) < 4.78 is 18.8. The minimum absolute atomic E-state index is 0.0770. The van der Waals surface area contributed by atoms with Gasteiger partial charge in [0.1, 0.15) is 28.7 Å². The fourth-order valence-corrected chi connectivity index (χ4v) is 4.59. The molecule has 1 aromatic heterocycles. The Hall–Kier alpha value is -5.10. The lowest BCUT2D eigenvalue weighted by molar-refractivity contribution is -0.384. The Morgan fingerprint density at radius 2 is 1.95 bits per heavy atom. The Kier molecular flexibility index (Phi) is 6.07. The van der Waals surface area contributed by atoms with E-state index >= 15 is 0 Å². The first-order valence-corrected chi connectivity index (χ1v) is 11.5. The van der Waals surface area contributed by atoms with Gasteiger partial charge in [0.05, 0.1) is 24.6 Å². The van der Waals surface area contributed by atoms with Crippen LogP contribution in [0.2, 0.25) is 0 Å². The van der Waals surface area contributed by atoms with Gasteiger partial charge in [0.2, 0.25) is 5.88 Å². The van der Waals surface area contributed by atoms with Crippen LogP contribution in [0.5, 0.6) is 11.5 Å². The number of nitro groups is 1. The summed E-state index contributed by atoms with van der Waals surface area (Å²) in [6.45, 7) is 1.95. The van der Waals surface area contributed by atoms with Crippen molar-refractivity contribution in [2.24, 2.45) is 0 Å². The van der Waals surface area contributed by atoms with Crippen LogP contribution in [0.15, 0.2) is 78.6 Å². The van der Waals surface area contributed by atoms with Gasteiger partial charge in [-0.1, -0.05) is 24.3 Å². The first-order valence-electron chi connectivity index (χ1n) is 11.5. The molecule has 0 saturated heterocycles. The van der Waals surface area contributed by atoms with Gasteiger partial charge in [0, 0.05) is 35.5 Å². The largest absolute Gasteiger partial charge is 0.496 e. The number of methoxy groups -OCH3 is 1. The van der Waals surface area contributed by atoms with E-state index in [1.54, 1.807) is 60.3 Å². The van der Waals surface area contributed by atoms with E-state index in [9.17, 15) is 20.2 Å². The Morgan fingerprint density at radius 3 is 2.62 bits per heavy atom. The predicted octanol–water partition coefficient (Wildman–Crippen LogP) is 5.65. The van der Waals surface area contributed by atoms with Crippen molar-refractivity contribution in [3.8, 4) is 17.6 Å². The zero-order chi connectivity index (χ0) is 26.1. The quantitative estimate of drug-likeness (QED) is 0.193. The molecule has 4 aromatic rings. The average molecular weight is 495 g/mol. The first kappa shape index (κ1) is 23.6. The summed E-state index contributed by atoms with van der Waals surface area (Å²) in [4.78, 5) is 23.6. The SMILES string of the molecule is CCOC(=O)c1cc2ccc3c(c2cc1OC)OC(n1cccc1)=C(C#N)C3c1cccc([N+](=O)[O-])c1. The summed E-state index contributed by atoms with van der Waals surface area (Å²) in [5.41, 5.74) is 1.74. The third-order valence-electron chi connectivity index (χ3n) is 6.22. The second-order valence-corrected chi connectivity index (χ2v) is 8.29. The van der Waals surface area contributed by atoms with Crippen molar-refractivity contribution in [2.45, 2.75) is 12.8 Å². The number of hydrogen-bond donors (Lipinski definition) is 0. The van der Waals surface area contributed by atoms with Gasteiger partial charge in [-0.25, -0.2) is 4.79 Å². The molecule has 1 atom stereocenters. The molecule has 184 valence electrons. The van der Waals surface area contributed by atoms with Crippen LogP contribution in [0, 0.1) is 21.4 Å². The molecule has 9 heteroatoms. The molecular weight excluding hydrogens is 474 g/mol. The second-order valence-electron chi connectivity index (χ2n) is 8.29. The number of carbonyl (C=O) groups is 1. The third kappa shape index (κ3) is 4.04. The number of nitrogens with zero attached hydrogens (tertiary/aromatic N) is 3. The van der Waals surface area contributed by atoms with E-state index in [1.165, 1.54) is 19.2 Å². The molecule has 1 aliphatic heterocycles. The van der Waals surface area contributed by atoms with Crippen LogP contribution < -0.4 is 9.47 Å². The van der Waals surface area contributed by atoms with E-state index in [0.717, 1.165) is 0 Å². The number of aromatic nitrogens is 1. The highest BCUT2D eigenvalue weighted by molar-refractivity contribution is 6.01. The summed E-state index contributed by atoms with van der Waals surface area (Å²) in [6, 6.07) is 19.1. The van der Waals surface area contributed by atoms with Gasteiger partial charge in [-0.05, 0) is 42.1 Å². The van der Waals surface area contributed by atoms with Gasteiger partial charge in [-0.2, -0.15) is 5.26 Å². The van der Waals surface area contributed by atoms with Crippen molar-refractivity contribution >= 4 is 28.3 Å². The van der Waals surface area contributed by atoms with Gasteiger partial charge >= 0.3 is 5.97 Å². The predicted molar refractivity (Wildman–Crippen MR) is 135 cm³/mol. The molecule has 0 radical (unpaired) electrons. The molecule has 0 fully saturated rings. The molecule has 9 nitrogen and oxygen atoms in total. The molecule has 0 bridgehead atoms. The molecule has 0 amide bonds. The summed E-state index contributed by atoms with van der Waals surface area (Å²) in [7, 11) is 1.46. The van der Waals surface area contributed by atoms with Crippen molar-refractivity contribution in [1.29, 1.82) is 5.26 Å². The maximum atomic E-state index is 12.5. The second kappa shape index (κ2) is 9.51. The van der Waals surface area contributed by atoms with Crippen LogP contribution in [0.25, 0.3) is 16.7 Å². The Morgan fingerprint density at radius 1 is 1.16 bits per heavy atom. The molecule has 1 unspecified atom stereocenters. The highest BCUT2D eigenvalue weighted by Crippen LogP contribution is 2.48. The zero-order valence-corrected chi connectivity index (χ0v) is 20.0. The minimum atomic E-state index is -0.633. The van der Waals surface area contributed by atoms with Crippen LogP contribution in [-0.4, -0.2) is 29.2 Å². The van der Waals surface area contributed by atoms with Crippen LogP contribution in [0.4, 0.5) is 5.69 Å². The van der Waals surface area contributed by atoms with Crippen molar-refractivity contribution in [1.82, 2.24) is 4.57 Å². The maximum absolute atomic E-state index is 12.5. The van der Waals surface area contributed by atoms with Crippen molar-refractivity contribution < 1.29 is 23.9 Å². The van der Waals surface area contributed by atoms with E-state index in [-0.39, 0.29) is 23.7 Å². The number of ether oxygens (including phenoxy) is 3. The molecule has 0 saturated carbocycles. The van der Waals surface area contributed by atoms with Crippen LogP contribution >= 0.6 is 0 Å². The number of carbonyl (C=O) groups excluding carboxylic acids is 1. The van der Waals surface area contributed by atoms with Crippen LogP contribution in [0.1, 0.15) is 34.3 Å². The molecule has 0 aliphatic carbocycles. The number of non-ortho nitro benzene ring substituents is 1. The number of rotatable bonds is 6. The summed E-state index contributed by atoms with van der Waals surface area (Å²) in [6.07, 6.45) is 3.51. The van der Waals surface area contributed by atoms with E-state index in [4.69, 9.17) is 14.2 Å². The molecule has 37 heavy (non-hydrogen) atoms. The number of nitro benzene ring substituents is 1. The number of hydrogen-bond acceptors (Lipinski definition) is 7. The molecule has 5 rings (SSSR count). The number of benzene rings is 3. The molecule has 2 heterocycles. The average Bonchev–Trinajstić information content (AvgIpc) is 3.46. The molecule has 3 aromatic carbocycles. The topological polar surface area (TPSA) is 117 Å². The monoisotopic (exact) mass is 495 g/mol. The smallest absolute Gasteiger partial charge is 0.341 e. The van der Waals surface area contributed by atoms with Gasteiger partial charge in [-0.15, -0.1) is 0 Å². The lowest BCUT2D eigenvalue weighted by atomic mass is 9.82.